The molecule has 3 nitrogen and oxygen atoms in total. The Labute approximate surface area is 119 Å². The van der Waals surface area contributed by atoms with Crippen molar-refractivity contribution in [1.82, 2.24) is 5.43 Å². The van der Waals surface area contributed by atoms with Crippen LogP contribution < -0.4 is 5.43 Å². The molecule has 0 radical (unpaired) electrons. The first kappa shape index (κ1) is 14.0. The molecule has 2 rings (SSSR count). The molecule has 0 heterocycles. The zero-order valence-electron chi connectivity index (χ0n) is 11.5. The van der Waals surface area contributed by atoms with Gasteiger partial charge in [0.05, 0.1) is 0 Å². The third kappa shape index (κ3) is 4.05. The van der Waals surface area contributed by atoms with Gasteiger partial charge in [-0.1, -0.05) is 55.5 Å². The number of hydrazone groups is 1. The Morgan fingerprint density at radius 3 is 2.20 bits per heavy atom. The summed E-state index contributed by atoms with van der Waals surface area (Å²) in [4.78, 5) is 11.9. The molecule has 0 unspecified atom stereocenters. The summed E-state index contributed by atoms with van der Waals surface area (Å²) in [6.07, 6.45) is 1.57. The van der Waals surface area contributed by atoms with Gasteiger partial charge in [-0.15, -0.1) is 0 Å². The highest BCUT2D eigenvalue weighted by Gasteiger charge is 2.04. The summed E-state index contributed by atoms with van der Waals surface area (Å²) < 4.78 is 0. The molecule has 0 atom stereocenters. The van der Waals surface area contributed by atoms with Crippen LogP contribution in [0.1, 0.15) is 29.3 Å². The fourth-order valence-corrected chi connectivity index (χ4v) is 1.86. The molecule has 0 fully saturated rings. The van der Waals surface area contributed by atoms with E-state index in [1.807, 2.05) is 43.3 Å². The van der Waals surface area contributed by atoms with Crippen molar-refractivity contribution in [2.45, 2.75) is 19.8 Å². The van der Waals surface area contributed by atoms with Crippen LogP contribution in [0, 0.1) is 0 Å². The van der Waals surface area contributed by atoms with E-state index in [0.29, 0.717) is 5.56 Å². The van der Waals surface area contributed by atoms with E-state index >= 15 is 0 Å². The molecule has 0 bridgehead atoms. The van der Waals surface area contributed by atoms with Gasteiger partial charge in [0.1, 0.15) is 0 Å². The van der Waals surface area contributed by atoms with Gasteiger partial charge in [0.2, 0.25) is 0 Å². The third-order valence-electron chi connectivity index (χ3n) is 3.01. The molecule has 1 N–H and O–H groups in total. The smallest absolute Gasteiger partial charge is 0.267 e. The van der Waals surface area contributed by atoms with Gasteiger partial charge in [0.25, 0.3) is 5.91 Å². The number of nitrogens with one attached hydrogen (secondary N) is 1. The first-order valence-electron chi connectivity index (χ1n) is 6.74. The fourth-order valence-electron chi connectivity index (χ4n) is 1.86. The molecule has 1 amide bonds. The number of hydrogen-bond donors (Lipinski definition) is 1. The number of carbonyl (C=O) groups excluding carboxylic acids is 1. The zero-order valence-corrected chi connectivity index (χ0v) is 11.5. The number of hydrogen-bond acceptors (Lipinski definition) is 2. The van der Waals surface area contributed by atoms with Crippen molar-refractivity contribution < 1.29 is 4.79 Å². The van der Waals surface area contributed by atoms with E-state index in [0.717, 1.165) is 18.6 Å². The van der Waals surface area contributed by atoms with Gasteiger partial charge in [-0.3, -0.25) is 4.79 Å². The topological polar surface area (TPSA) is 41.5 Å². The Hall–Kier alpha value is -2.42. The molecule has 102 valence electrons. The zero-order chi connectivity index (χ0) is 14.2. The first-order valence-corrected chi connectivity index (χ1v) is 6.74. The minimum atomic E-state index is -0.176. The Bertz CT molecular complexity index is 576. The summed E-state index contributed by atoms with van der Waals surface area (Å²) in [7, 11) is 0. The second kappa shape index (κ2) is 7.24. The third-order valence-corrected chi connectivity index (χ3v) is 3.01. The van der Waals surface area contributed by atoms with E-state index in [4.69, 9.17) is 0 Å². The summed E-state index contributed by atoms with van der Waals surface area (Å²) >= 11 is 0. The van der Waals surface area contributed by atoms with E-state index < -0.39 is 0 Å². The van der Waals surface area contributed by atoms with Crippen molar-refractivity contribution >= 4 is 11.6 Å². The Morgan fingerprint density at radius 1 is 1.00 bits per heavy atom. The predicted molar refractivity (Wildman–Crippen MR) is 81.8 cm³/mol. The lowest BCUT2D eigenvalue weighted by Crippen LogP contribution is -2.20. The highest BCUT2D eigenvalue weighted by molar-refractivity contribution is 5.95. The Kier molecular flexibility index (Phi) is 5.07. The lowest BCUT2D eigenvalue weighted by Gasteiger charge is -2.05. The molecule has 3 heteroatoms. The molecule has 0 spiro atoms. The van der Waals surface area contributed by atoms with E-state index in [9.17, 15) is 4.79 Å². The maximum Gasteiger partial charge on any atom is 0.271 e. The summed E-state index contributed by atoms with van der Waals surface area (Å²) in [5, 5.41) is 4.23. The molecule has 0 aliphatic heterocycles. The average molecular weight is 266 g/mol. The van der Waals surface area contributed by atoms with Gasteiger partial charge in [0, 0.05) is 17.7 Å². The highest BCUT2D eigenvalue weighted by Crippen LogP contribution is 2.03. The average Bonchev–Trinajstić information content (AvgIpc) is 2.53. The van der Waals surface area contributed by atoms with Gasteiger partial charge < -0.3 is 0 Å². The molecule has 0 saturated heterocycles. The number of amides is 1. The summed E-state index contributed by atoms with van der Waals surface area (Å²) in [6, 6.07) is 19.2. The second-order valence-corrected chi connectivity index (χ2v) is 4.50. The highest BCUT2D eigenvalue weighted by atomic mass is 16.2. The monoisotopic (exact) mass is 266 g/mol. The summed E-state index contributed by atoms with van der Waals surface area (Å²) in [5.74, 6) is -0.176. The number of carbonyl (C=O) groups is 1. The van der Waals surface area contributed by atoms with Gasteiger partial charge in [-0.05, 0) is 24.1 Å². The van der Waals surface area contributed by atoms with Crippen LogP contribution in [0.5, 0.6) is 0 Å². The standard InChI is InChI=1S/C17H18N2O/c1-2-16(13-14-9-5-3-6-10-14)18-19-17(20)15-11-7-4-8-12-15/h3-12H,2,13H2,1H3,(H,19,20)/b18-16-. The van der Waals surface area contributed by atoms with Crippen molar-refractivity contribution in [2.75, 3.05) is 0 Å². The van der Waals surface area contributed by atoms with E-state index in [1.165, 1.54) is 5.56 Å². The Morgan fingerprint density at radius 2 is 1.60 bits per heavy atom. The number of nitrogens with zero attached hydrogens (tertiary/aromatic N) is 1. The van der Waals surface area contributed by atoms with E-state index in [2.05, 4.69) is 22.7 Å². The maximum atomic E-state index is 11.9. The molecule has 0 aliphatic rings. The summed E-state index contributed by atoms with van der Waals surface area (Å²) in [5.41, 5.74) is 5.39. The number of rotatable bonds is 5. The molecule has 2 aromatic rings. The minimum Gasteiger partial charge on any atom is -0.267 e. The van der Waals surface area contributed by atoms with Crippen LogP contribution >= 0.6 is 0 Å². The molecule has 0 aliphatic carbocycles. The van der Waals surface area contributed by atoms with Crippen LogP contribution in [0.4, 0.5) is 0 Å². The minimum absolute atomic E-state index is 0.176. The molecule has 0 saturated carbocycles. The van der Waals surface area contributed by atoms with Gasteiger partial charge in [0.15, 0.2) is 0 Å². The largest absolute Gasteiger partial charge is 0.271 e. The van der Waals surface area contributed by atoms with Gasteiger partial charge >= 0.3 is 0 Å². The van der Waals surface area contributed by atoms with Crippen molar-refractivity contribution in [3.63, 3.8) is 0 Å². The predicted octanol–water partition coefficient (Wildman–Crippen LogP) is 3.43. The van der Waals surface area contributed by atoms with Crippen molar-refractivity contribution in [3.05, 3.63) is 71.8 Å². The van der Waals surface area contributed by atoms with Crippen molar-refractivity contribution in [2.24, 2.45) is 5.10 Å². The van der Waals surface area contributed by atoms with Crippen molar-refractivity contribution in [1.29, 1.82) is 0 Å². The van der Waals surface area contributed by atoms with Crippen LogP contribution in [0.2, 0.25) is 0 Å². The lowest BCUT2D eigenvalue weighted by molar-refractivity contribution is 0.0954. The molecular formula is C17H18N2O. The van der Waals surface area contributed by atoms with E-state index in [1.54, 1.807) is 12.1 Å². The van der Waals surface area contributed by atoms with Gasteiger partial charge in [-0.25, -0.2) is 5.43 Å². The van der Waals surface area contributed by atoms with E-state index in [-0.39, 0.29) is 5.91 Å². The second-order valence-electron chi connectivity index (χ2n) is 4.50. The van der Waals surface area contributed by atoms with Crippen LogP contribution in [0.15, 0.2) is 65.8 Å². The van der Waals surface area contributed by atoms with Crippen LogP contribution in [0.25, 0.3) is 0 Å². The van der Waals surface area contributed by atoms with Crippen LogP contribution in [-0.4, -0.2) is 11.6 Å². The van der Waals surface area contributed by atoms with Crippen molar-refractivity contribution in [3.8, 4) is 0 Å². The fraction of sp³-hybridized carbons (Fsp3) is 0.176. The molecular weight excluding hydrogens is 248 g/mol. The number of benzene rings is 2. The molecule has 20 heavy (non-hydrogen) atoms. The van der Waals surface area contributed by atoms with Crippen LogP contribution in [0.3, 0.4) is 0 Å². The van der Waals surface area contributed by atoms with Gasteiger partial charge in [-0.2, -0.15) is 5.10 Å². The maximum absolute atomic E-state index is 11.9. The first-order chi connectivity index (χ1) is 9.79. The van der Waals surface area contributed by atoms with Crippen LogP contribution in [-0.2, 0) is 6.42 Å². The normalized spacial score (nSPS) is 11.2. The SMILES string of the molecule is CC/C(Cc1ccccc1)=N/NC(=O)c1ccccc1. The Balaban J connectivity index is 1.99. The quantitative estimate of drug-likeness (QED) is 0.654. The molecule has 0 aromatic heterocycles. The lowest BCUT2D eigenvalue weighted by atomic mass is 10.1. The summed E-state index contributed by atoms with van der Waals surface area (Å²) in [6.45, 7) is 2.04. The molecule has 2 aromatic carbocycles.